The lowest BCUT2D eigenvalue weighted by molar-refractivity contribution is -0.155. The Hall–Kier alpha value is -3.97. The predicted octanol–water partition coefficient (Wildman–Crippen LogP) is 6.19. The number of hydrogen-bond donors (Lipinski definition) is 2. The molecular formula is C45H65N9O6S5. The van der Waals surface area contributed by atoms with Crippen LogP contribution in [-0.2, 0) is 43.2 Å². The van der Waals surface area contributed by atoms with Crippen molar-refractivity contribution in [3.63, 3.8) is 0 Å². The lowest BCUT2D eigenvalue weighted by Gasteiger charge is -2.41. The van der Waals surface area contributed by atoms with E-state index in [0.29, 0.717) is 50.4 Å². The third kappa shape index (κ3) is 11.6. The van der Waals surface area contributed by atoms with Crippen molar-refractivity contribution in [2.45, 2.75) is 98.0 Å². The van der Waals surface area contributed by atoms with Crippen LogP contribution in [0.4, 0.5) is 4.79 Å². The van der Waals surface area contributed by atoms with Gasteiger partial charge in [-0.15, -0.1) is 11.3 Å². The highest BCUT2D eigenvalue weighted by Crippen LogP contribution is 2.42. The monoisotopic (exact) mass is 987 g/mol. The summed E-state index contributed by atoms with van der Waals surface area (Å²) in [6.07, 6.45) is 3.22. The number of carbonyl (C=O) groups excluding carboxylic acids is 4. The molecule has 7 rings (SSSR count). The first kappa shape index (κ1) is 55.4. The standard InChI is InChI=1S/C45H57N9O6S.4H2S/c1-9-53-36-15-14-29-18-31(36)32(40(53)30-12-10-16-47-38(30)27(4)59-8)20-45(5,6)25-60-43(57)33-13-11-17-54(50-33)42(56)34(19-37-48-35(29)24-61-37)49-41(55)39(26(2)3)51(7)44(58)52-22-28(21-46)23-52;;;;/h10,12,14-16,18,24,26-28,33-34,39,50H,9,11,13,17,19-20,22-23,25H2,1-8H3,(H,49,55);4*1H2/t27-,33-,34-,39-;;;;/m0..../s1. The number of hydrazine groups is 1. The summed E-state index contributed by atoms with van der Waals surface area (Å²) in [7, 11) is 3.26. The molecule has 0 radical (unpaired) electrons. The minimum atomic E-state index is -1.07. The first-order valence-corrected chi connectivity index (χ1v) is 22.1. The molecule has 2 N–H and O–H groups in total. The van der Waals surface area contributed by atoms with Gasteiger partial charge in [0.1, 0.15) is 18.1 Å². The van der Waals surface area contributed by atoms with Crippen molar-refractivity contribution in [3.8, 4) is 28.6 Å². The van der Waals surface area contributed by atoms with E-state index in [-0.39, 0.29) is 91.0 Å². The number of esters is 1. The fourth-order valence-electron chi connectivity index (χ4n) is 8.81. The summed E-state index contributed by atoms with van der Waals surface area (Å²) >= 11 is 1.41. The van der Waals surface area contributed by atoms with Gasteiger partial charge in [0.25, 0.3) is 5.91 Å². The van der Waals surface area contributed by atoms with Gasteiger partial charge in [0, 0.05) is 85.8 Å². The maximum atomic E-state index is 14.5. The van der Waals surface area contributed by atoms with Crippen LogP contribution in [0, 0.1) is 28.6 Å². The second kappa shape index (κ2) is 23.2. The number of likely N-dealkylation sites (N-methyl/N-ethyl adjacent to an activating group) is 1. The van der Waals surface area contributed by atoms with Gasteiger partial charge in [-0.05, 0) is 68.9 Å². The molecule has 3 aromatic heterocycles. The number of ether oxygens (including phenoxy) is 2. The Bertz CT molecular complexity index is 2360. The van der Waals surface area contributed by atoms with E-state index in [9.17, 15) is 24.4 Å². The number of fused-ring (bicyclic) bond motifs is 6. The van der Waals surface area contributed by atoms with E-state index >= 15 is 0 Å². The first-order valence-electron chi connectivity index (χ1n) is 21.2. The number of benzene rings is 1. The van der Waals surface area contributed by atoms with Gasteiger partial charge in [0.05, 0.1) is 46.8 Å². The smallest absolute Gasteiger partial charge is 0.324 e. The lowest BCUT2D eigenvalue weighted by Crippen LogP contribution is -2.63. The van der Waals surface area contributed by atoms with E-state index in [1.807, 2.05) is 32.2 Å². The van der Waals surface area contributed by atoms with Crippen molar-refractivity contribution >= 4 is 100 Å². The van der Waals surface area contributed by atoms with Crippen LogP contribution in [0.2, 0.25) is 0 Å². The highest BCUT2D eigenvalue weighted by molar-refractivity contribution is 7.59. The normalized spacial score (nSPS) is 19.4. The SMILES string of the molecule is CCn1c(-c2cccnc2[C@H](C)OC)c2c3cc(ccc31)-c1csc(n1)C[C@H](NC(=O)[C@H](C(C)C)N(C)C(=O)N1CC(C#N)C1)C(=O)N1CCC[C@H](N1)C(=O)OCC(C)(C)C2.S.S.S.S. The molecule has 65 heavy (non-hydrogen) atoms. The molecule has 0 unspecified atom stereocenters. The summed E-state index contributed by atoms with van der Waals surface area (Å²) in [6.45, 7) is 13.8. The third-order valence-corrected chi connectivity index (χ3v) is 13.0. The minimum Gasteiger partial charge on any atom is -0.464 e. The minimum absolute atomic E-state index is 0. The van der Waals surface area contributed by atoms with E-state index in [4.69, 9.17) is 19.4 Å². The van der Waals surface area contributed by atoms with E-state index in [2.05, 4.69) is 66.4 Å². The van der Waals surface area contributed by atoms with Gasteiger partial charge < -0.3 is 29.2 Å². The third-order valence-electron chi connectivity index (χ3n) is 12.1. The number of aromatic nitrogens is 3. The number of rotatable bonds is 8. The van der Waals surface area contributed by atoms with Gasteiger partial charge in [0.2, 0.25) is 5.91 Å². The van der Waals surface area contributed by atoms with Crippen LogP contribution in [0.1, 0.15) is 76.8 Å². The molecule has 1 aromatic carbocycles. The van der Waals surface area contributed by atoms with Crippen LogP contribution in [0.25, 0.3) is 33.4 Å². The maximum absolute atomic E-state index is 14.5. The van der Waals surface area contributed by atoms with Gasteiger partial charge in [-0.1, -0.05) is 33.8 Å². The number of amides is 4. The average Bonchev–Trinajstić information content (AvgIpc) is 3.82. The number of nitrogens with zero attached hydrogens (tertiary/aromatic N) is 7. The Morgan fingerprint density at radius 3 is 2.52 bits per heavy atom. The summed E-state index contributed by atoms with van der Waals surface area (Å²) in [5.41, 5.74) is 9.27. The molecule has 0 saturated carbocycles. The molecule has 4 amide bonds. The van der Waals surface area contributed by atoms with Crippen LogP contribution in [0.15, 0.2) is 41.9 Å². The predicted molar refractivity (Wildman–Crippen MR) is 273 cm³/mol. The van der Waals surface area contributed by atoms with Crippen molar-refractivity contribution in [2.75, 3.05) is 40.4 Å². The highest BCUT2D eigenvalue weighted by atomic mass is 32.1. The van der Waals surface area contributed by atoms with E-state index in [1.165, 1.54) is 21.2 Å². The summed E-state index contributed by atoms with van der Waals surface area (Å²) < 4.78 is 14.2. The molecule has 356 valence electrons. The zero-order chi connectivity index (χ0) is 43.7. The topological polar surface area (TPSA) is 175 Å². The number of methoxy groups -OCH3 is 1. The van der Waals surface area contributed by atoms with Crippen LogP contribution in [-0.4, -0.2) is 112 Å². The van der Waals surface area contributed by atoms with Crippen LogP contribution < -0.4 is 10.7 Å². The zero-order valence-corrected chi connectivity index (χ0v) is 43.2. The number of urea groups is 1. The Balaban J connectivity index is 0.00000281. The molecule has 20 heteroatoms. The van der Waals surface area contributed by atoms with Crippen molar-refractivity contribution < 1.29 is 28.7 Å². The molecule has 6 bridgehead atoms. The molecule has 6 heterocycles. The van der Waals surface area contributed by atoms with Crippen molar-refractivity contribution in [2.24, 2.45) is 17.3 Å². The second-order valence-corrected chi connectivity index (χ2v) is 18.5. The number of thiazole rings is 1. The quantitative estimate of drug-likeness (QED) is 0.194. The number of nitrogens with one attached hydrogen (secondary N) is 2. The number of hydrogen-bond acceptors (Lipinski definition) is 11. The van der Waals surface area contributed by atoms with Gasteiger partial charge >= 0.3 is 12.0 Å². The molecule has 3 aliphatic rings. The molecule has 3 aliphatic heterocycles. The molecule has 0 aliphatic carbocycles. The summed E-state index contributed by atoms with van der Waals surface area (Å²) in [5.74, 6) is -1.89. The summed E-state index contributed by atoms with van der Waals surface area (Å²) in [4.78, 5) is 68.7. The number of carbonyl (C=O) groups is 4. The maximum Gasteiger partial charge on any atom is 0.324 e. The first-order chi connectivity index (χ1) is 29.1. The Morgan fingerprint density at radius 1 is 1.14 bits per heavy atom. The largest absolute Gasteiger partial charge is 0.464 e. The second-order valence-electron chi connectivity index (χ2n) is 17.6. The van der Waals surface area contributed by atoms with Crippen molar-refractivity contribution in [1.29, 1.82) is 5.26 Å². The van der Waals surface area contributed by atoms with E-state index in [1.54, 1.807) is 25.3 Å². The summed E-state index contributed by atoms with van der Waals surface area (Å²) in [5, 5.41) is 17.3. The van der Waals surface area contributed by atoms with Crippen molar-refractivity contribution in [1.82, 2.24) is 40.1 Å². The number of cyclic esters (lactones) is 1. The number of nitriles is 1. The van der Waals surface area contributed by atoms with Gasteiger partial charge in [-0.2, -0.15) is 59.2 Å². The Kier molecular flexibility index (Phi) is 19.7. The number of likely N-dealkylation sites (tertiary alicyclic amines) is 1. The highest BCUT2D eigenvalue weighted by Gasteiger charge is 2.40. The molecule has 2 saturated heterocycles. The van der Waals surface area contributed by atoms with Crippen LogP contribution in [0.3, 0.4) is 0 Å². The molecule has 4 atom stereocenters. The van der Waals surface area contributed by atoms with Gasteiger partial charge in [-0.3, -0.25) is 24.4 Å². The fraction of sp³-hybridized carbons (Fsp3) is 0.533. The number of pyridine rings is 1. The van der Waals surface area contributed by atoms with Crippen molar-refractivity contribution in [3.05, 3.63) is 58.2 Å². The lowest BCUT2D eigenvalue weighted by atomic mass is 9.84. The molecular weight excluding hydrogens is 923 g/mol. The van der Waals surface area contributed by atoms with E-state index in [0.717, 1.165) is 44.7 Å². The van der Waals surface area contributed by atoms with Crippen LogP contribution >= 0.6 is 65.3 Å². The fourth-order valence-corrected chi connectivity index (χ4v) is 9.66. The molecule has 4 aromatic rings. The Morgan fingerprint density at radius 2 is 1.86 bits per heavy atom. The molecule has 0 spiro atoms. The number of aryl methyl sites for hydroxylation is 1. The van der Waals surface area contributed by atoms with Crippen LogP contribution in [0.5, 0.6) is 0 Å². The van der Waals surface area contributed by atoms with Gasteiger partial charge in [0.15, 0.2) is 0 Å². The average molecular weight is 988 g/mol. The Labute approximate surface area is 414 Å². The van der Waals surface area contributed by atoms with E-state index < -0.39 is 41.3 Å². The molecule has 2 fully saturated rings. The zero-order valence-electron chi connectivity index (χ0n) is 38.4. The van der Waals surface area contributed by atoms with Gasteiger partial charge in [-0.25, -0.2) is 15.2 Å². The summed E-state index contributed by atoms with van der Waals surface area (Å²) in [6, 6.07) is 9.48. The molecule has 15 nitrogen and oxygen atoms in total.